The number of fused-ring (bicyclic) bond motifs is 3. The van der Waals surface area contributed by atoms with E-state index in [1.807, 2.05) is 35.4 Å². The van der Waals surface area contributed by atoms with E-state index in [9.17, 15) is 9.59 Å². The zero-order valence-electron chi connectivity index (χ0n) is 20.8. The van der Waals surface area contributed by atoms with Gasteiger partial charge < -0.3 is 14.4 Å². The molecule has 1 amide bonds. The summed E-state index contributed by atoms with van der Waals surface area (Å²) in [5.41, 5.74) is 2.97. The van der Waals surface area contributed by atoms with Crippen molar-refractivity contribution in [1.29, 1.82) is 0 Å². The Kier molecular flexibility index (Phi) is 6.31. The van der Waals surface area contributed by atoms with E-state index in [2.05, 4.69) is 21.0 Å². The van der Waals surface area contributed by atoms with E-state index in [1.165, 1.54) is 10.8 Å². The van der Waals surface area contributed by atoms with Gasteiger partial charge in [0.25, 0.3) is 12.0 Å². The Morgan fingerprint density at radius 3 is 2.68 bits per heavy atom. The highest BCUT2D eigenvalue weighted by Gasteiger charge is 2.30. The van der Waals surface area contributed by atoms with Gasteiger partial charge in [0, 0.05) is 50.6 Å². The van der Waals surface area contributed by atoms with Crippen LogP contribution in [0.4, 0.5) is 0 Å². The lowest BCUT2D eigenvalue weighted by Gasteiger charge is -2.35. The molecule has 2 saturated heterocycles. The van der Waals surface area contributed by atoms with E-state index in [0.29, 0.717) is 31.1 Å². The topological polar surface area (TPSA) is 108 Å². The zero-order chi connectivity index (χ0) is 25.4. The first kappa shape index (κ1) is 23.6. The average Bonchev–Trinajstić information content (AvgIpc) is 3.65. The van der Waals surface area contributed by atoms with Crippen LogP contribution in [0.15, 0.2) is 47.7 Å². The summed E-state index contributed by atoms with van der Waals surface area (Å²) in [7, 11) is 1.63. The maximum Gasteiger partial charge on any atom is 0.425 e. The molecule has 0 radical (unpaired) electrons. The number of carbonyl (C=O) groups is 1. The van der Waals surface area contributed by atoms with Crippen LogP contribution in [-0.4, -0.2) is 81.4 Å². The molecule has 0 bridgehead atoms. The van der Waals surface area contributed by atoms with Crippen LogP contribution in [0.25, 0.3) is 16.7 Å². The molecule has 1 N–H and O–H groups in total. The van der Waals surface area contributed by atoms with Crippen molar-refractivity contribution >= 4 is 22.6 Å². The second-order valence-electron chi connectivity index (χ2n) is 9.64. The third kappa shape index (κ3) is 4.56. The normalized spacial score (nSPS) is 18.6. The molecule has 6 rings (SSSR count). The van der Waals surface area contributed by atoms with Crippen LogP contribution < -0.4 is 15.4 Å². The quantitative estimate of drug-likeness (QED) is 0.378. The monoisotopic (exact) mass is 504 g/mol. The van der Waals surface area contributed by atoms with Gasteiger partial charge in [-0.25, -0.2) is 14.8 Å². The first-order chi connectivity index (χ1) is 18.1. The highest BCUT2D eigenvalue weighted by atomic mass is 16.5. The van der Waals surface area contributed by atoms with E-state index < -0.39 is 0 Å². The number of nitrogens with one attached hydrogen (secondary N) is 1. The minimum atomic E-state index is -0.256. The summed E-state index contributed by atoms with van der Waals surface area (Å²) >= 11 is 0. The molecule has 2 fully saturated rings. The average molecular weight is 505 g/mol. The SMILES string of the molecule is COc1ccc(Cn2c(=O)n3nc[nH+]c3c3cc(CN4CCN(C(=O)C5CCOC5)CC4)cnc32)cc1. The van der Waals surface area contributed by atoms with Crippen molar-refractivity contribution in [3.63, 3.8) is 0 Å². The Bertz CT molecular complexity index is 1480. The van der Waals surface area contributed by atoms with Crippen LogP contribution in [-0.2, 0) is 22.6 Å². The van der Waals surface area contributed by atoms with Crippen LogP contribution in [0.5, 0.6) is 5.75 Å². The van der Waals surface area contributed by atoms with Crippen molar-refractivity contribution in [3.05, 3.63) is 64.5 Å². The van der Waals surface area contributed by atoms with Gasteiger partial charge in [0.05, 0.1) is 31.6 Å². The second-order valence-corrected chi connectivity index (χ2v) is 9.64. The molecule has 11 nitrogen and oxygen atoms in total. The largest absolute Gasteiger partial charge is 0.497 e. The van der Waals surface area contributed by atoms with Gasteiger partial charge in [0.15, 0.2) is 5.65 Å². The minimum absolute atomic E-state index is 0.0149. The number of H-pyrrole nitrogens is 1. The molecule has 192 valence electrons. The fourth-order valence-electron chi connectivity index (χ4n) is 5.21. The van der Waals surface area contributed by atoms with Gasteiger partial charge in [0.1, 0.15) is 5.75 Å². The van der Waals surface area contributed by atoms with E-state index in [0.717, 1.165) is 61.4 Å². The van der Waals surface area contributed by atoms with Crippen molar-refractivity contribution in [2.24, 2.45) is 5.92 Å². The Hall–Kier alpha value is -3.83. The van der Waals surface area contributed by atoms with E-state index in [1.54, 1.807) is 11.7 Å². The number of methoxy groups -OCH3 is 1. The molecule has 1 unspecified atom stereocenters. The van der Waals surface area contributed by atoms with Gasteiger partial charge in [-0.05, 0) is 40.3 Å². The summed E-state index contributed by atoms with van der Waals surface area (Å²) in [6.45, 7) is 5.37. The third-order valence-corrected chi connectivity index (χ3v) is 7.30. The molecule has 37 heavy (non-hydrogen) atoms. The van der Waals surface area contributed by atoms with Crippen LogP contribution in [0, 0.1) is 5.92 Å². The molecule has 2 aliphatic heterocycles. The van der Waals surface area contributed by atoms with Crippen molar-refractivity contribution < 1.29 is 19.3 Å². The van der Waals surface area contributed by atoms with Gasteiger partial charge in [-0.3, -0.25) is 14.3 Å². The molecule has 5 heterocycles. The lowest BCUT2D eigenvalue weighted by atomic mass is 10.1. The number of nitrogens with zero attached hydrogens (tertiary/aromatic N) is 6. The summed E-state index contributed by atoms with van der Waals surface area (Å²) in [6, 6.07) is 9.71. The lowest BCUT2D eigenvalue weighted by molar-refractivity contribution is -0.345. The van der Waals surface area contributed by atoms with E-state index in [-0.39, 0.29) is 17.5 Å². The number of rotatable bonds is 6. The maximum absolute atomic E-state index is 13.2. The van der Waals surface area contributed by atoms with Crippen molar-refractivity contribution in [2.45, 2.75) is 19.5 Å². The molecule has 0 spiro atoms. The molecule has 4 aromatic rings. The van der Waals surface area contributed by atoms with E-state index >= 15 is 0 Å². The number of hydrogen-bond donors (Lipinski definition) is 0. The molecule has 1 aromatic carbocycles. The Morgan fingerprint density at radius 1 is 1.14 bits per heavy atom. The summed E-state index contributed by atoms with van der Waals surface area (Å²) in [6.07, 6.45) is 4.18. The Labute approximate surface area is 213 Å². The number of aromatic nitrogens is 5. The molecule has 0 aliphatic carbocycles. The van der Waals surface area contributed by atoms with E-state index in [4.69, 9.17) is 14.5 Å². The van der Waals surface area contributed by atoms with Crippen LogP contribution >= 0.6 is 0 Å². The summed E-state index contributed by atoms with van der Waals surface area (Å²) in [4.78, 5) is 38.1. The highest BCUT2D eigenvalue weighted by molar-refractivity contribution is 5.87. The van der Waals surface area contributed by atoms with Gasteiger partial charge >= 0.3 is 5.69 Å². The number of amides is 1. The Balaban J connectivity index is 1.23. The first-order valence-electron chi connectivity index (χ1n) is 12.6. The van der Waals surface area contributed by atoms with Gasteiger partial charge in [-0.1, -0.05) is 12.1 Å². The zero-order valence-corrected chi connectivity index (χ0v) is 20.8. The number of aromatic amines is 1. The molecule has 0 saturated carbocycles. The number of hydrogen-bond acceptors (Lipinski definition) is 7. The molecule has 1 atom stereocenters. The summed E-state index contributed by atoms with van der Waals surface area (Å²) in [5.74, 6) is 0.998. The number of carbonyl (C=O) groups excluding carboxylic acids is 1. The standard InChI is InChI=1S/C26H29N7O4/c1-36-21-4-2-18(3-5-21)15-32-23-22(24-28-17-29-33(24)26(32)35)12-19(13-27-23)14-30-7-9-31(10-8-30)25(34)20-6-11-37-16-20/h2-5,12-13,17,20H,6-11,14-16H2,1H3/p+1. The smallest absolute Gasteiger partial charge is 0.425 e. The number of pyridine rings is 1. The predicted molar refractivity (Wildman–Crippen MR) is 134 cm³/mol. The highest BCUT2D eigenvalue weighted by Crippen LogP contribution is 2.20. The molecule has 3 aromatic heterocycles. The summed E-state index contributed by atoms with van der Waals surface area (Å²) in [5, 5.41) is 5.06. The minimum Gasteiger partial charge on any atom is -0.497 e. The fourth-order valence-corrected chi connectivity index (χ4v) is 5.21. The van der Waals surface area contributed by atoms with Gasteiger partial charge in [0.2, 0.25) is 5.91 Å². The molecule has 11 heteroatoms. The number of piperazine rings is 1. The van der Waals surface area contributed by atoms with Gasteiger partial charge in [-0.2, -0.15) is 0 Å². The molecular formula is C26H30N7O4+. The van der Waals surface area contributed by atoms with Crippen LogP contribution in [0.1, 0.15) is 17.5 Å². The third-order valence-electron chi connectivity index (χ3n) is 7.30. The number of benzene rings is 1. The van der Waals surface area contributed by atoms with Crippen molar-refractivity contribution in [1.82, 2.24) is 29.0 Å². The van der Waals surface area contributed by atoms with Crippen LogP contribution in [0.2, 0.25) is 0 Å². The van der Waals surface area contributed by atoms with Crippen molar-refractivity contribution in [3.8, 4) is 5.75 Å². The lowest BCUT2D eigenvalue weighted by Crippen LogP contribution is -2.50. The molecule has 2 aliphatic rings. The van der Waals surface area contributed by atoms with Crippen LogP contribution in [0.3, 0.4) is 0 Å². The molecular weight excluding hydrogens is 474 g/mol. The fraction of sp³-hybridized carbons (Fsp3) is 0.423. The maximum atomic E-state index is 13.2. The predicted octanol–water partition coefficient (Wildman–Crippen LogP) is 0.596. The summed E-state index contributed by atoms with van der Waals surface area (Å²) < 4.78 is 13.7. The Morgan fingerprint density at radius 2 is 1.95 bits per heavy atom. The second kappa shape index (κ2) is 9.91. The van der Waals surface area contributed by atoms with Gasteiger partial charge in [-0.15, -0.1) is 0 Å². The van der Waals surface area contributed by atoms with Crippen molar-refractivity contribution in [2.75, 3.05) is 46.5 Å². The first-order valence-corrected chi connectivity index (χ1v) is 12.6. The number of ether oxygens (including phenoxy) is 2.